The molecular formula is C53H35ClF7N5O2. The average molecular weight is 942 g/mol. The van der Waals surface area contributed by atoms with Crippen LogP contribution in [-0.4, -0.2) is 49.7 Å². The van der Waals surface area contributed by atoms with Crippen molar-refractivity contribution in [2.45, 2.75) is 30.1 Å². The summed E-state index contributed by atoms with van der Waals surface area (Å²) in [6.45, 7) is 1.04. The first-order valence-electron chi connectivity index (χ1n) is 21.1. The maximum absolute atomic E-state index is 17.6. The van der Waals surface area contributed by atoms with E-state index in [0.717, 1.165) is 5.56 Å². The summed E-state index contributed by atoms with van der Waals surface area (Å²) in [5, 5.41) is 4.85. The number of hydrogen-bond acceptors (Lipinski definition) is 5. The van der Waals surface area contributed by atoms with Crippen molar-refractivity contribution in [2.24, 2.45) is 5.92 Å². The quantitative estimate of drug-likeness (QED) is 0.0807. The summed E-state index contributed by atoms with van der Waals surface area (Å²) in [7, 11) is 0. The highest BCUT2D eigenvalue weighted by Crippen LogP contribution is 2.57. The van der Waals surface area contributed by atoms with Gasteiger partial charge in [-0.15, -0.1) is 0 Å². The second-order valence-electron chi connectivity index (χ2n) is 15.8. The second kappa shape index (κ2) is 17.8. The van der Waals surface area contributed by atoms with Gasteiger partial charge in [-0.05, 0) is 77.2 Å². The van der Waals surface area contributed by atoms with Gasteiger partial charge in [-0.25, -0.2) is 9.37 Å². The number of carbonyl (C=O) groups is 1. The van der Waals surface area contributed by atoms with Crippen molar-refractivity contribution >= 4 is 57.4 Å². The number of esters is 1. The first-order chi connectivity index (χ1) is 32.7. The second-order valence-corrected chi connectivity index (χ2v) is 16.3. The van der Waals surface area contributed by atoms with E-state index in [1.54, 1.807) is 72.8 Å². The summed E-state index contributed by atoms with van der Waals surface area (Å²) in [5.74, 6) is -22.0. The van der Waals surface area contributed by atoms with Gasteiger partial charge >= 0.3 is 23.2 Å². The van der Waals surface area contributed by atoms with Crippen molar-refractivity contribution in [1.29, 1.82) is 5.26 Å². The van der Waals surface area contributed by atoms with Crippen molar-refractivity contribution in [1.82, 2.24) is 19.9 Å². The Labute approximate surface area is 388 Å². The number of halogens is 8. The average Bonchev–Trinajstić information content (AvgIpc) is 4.18. The van der Waals surface area contributed by atoms with Gasteiger partial charge < -0.3 is 14.7 Å². The normalized spacial score (nSPS) is 15.1. The largest absolute Gasteiger partial charge is 0.465 e. The predicted octanol–water partition coefficient (Wildman–Crippen LogP) is 14.4. The molecule has 0 aliphatic carbocycles. The highest BCUT2D eigenvalue weighted by Gasteiger charge is 2.74. The minimum Gasteiger partial charge on any atom is -0.465 e. The first-order valence-corrected chi connectivity index (χ1v) is 21.5. The van der Waals surface area contributed by atoms with Crippen LogP contribution in [0.15, 0.2) is 151 Å². The van der Waals surface area contributed by atoms with E-state index in [1.165, 1.54) is 25.1 Å². The lowest BCUT2D eigenvalue weighted by molar-refractivity contribution is -0.269. The maximum Gasteiger partial charge on any atom is 0.393 e. The standard InChI is InChI=1S/C53H35ClF7N5O2/c1-2-68-50(67)34(29-62)45-46(49(55)51(56,57)52(58,59)53(54,60)61)48-44(33-21-13-6-14-22-33)40-28-26-38(65-40)42(31-17-9-4-10-18-31)36-24-23-35(63-36)41(30-15-7-3-8-16-30)37-25-27-39(64-37)43(47(45)66-48)32-19-11-5-12-20-32/h3-28,34,45,63-64H,2H2,1H3/b41-35?,41-37?,42-36?,42-38?,43-39?,44-40?,47-43?,48-44?,49-46+. The summed E-state index contributed by atoms with van der Waals surface area (Å²) < 4.78 is 116. The molecule has 0 saturated carbocycles. The molecule has 2 aliphatic rings. The van der Waals surface area contributed by atoms with Crippen molar-refractivity contribution in [3.05, 3.63) is 174 Å². The van der Waals surface area contributed by atoms with E-state index in [4.69, 9.17) is 14.7 Å². The van der Waals surface area contributed by atoms with Crippen molar-refractivity contribution in [3.63, 3.8) is 0 Å². The van der Waals surface area contributed by atoms with Gasteiger partial charge in [0.05, 0.1) is 41.4 Å². The van der Waals surface area contributed by atoms with Crippen LogP contribution in [0.5, 0.6) is 0 Å². The van der Waals surface area contributed by atoms with Gasteiger partial charge in [-0.1, -0.05) is 121 Å². The molecule has 2 unspecified atom stereocenters. The fourth-order valence-electron chi connectivity index (χ4n) is 8.66. The number of H-pyrrole nitrogens is 2. The third-order valence-corrected chi connectivity index (χ3v) is 12.0. The zero-order valence-electron chi connectivity index (χ0n) is 35.6. The smallest absolute Gasteiger partial charge is 0.393 e. The number of rotatable bonds is 10. The number of hydrogen-bond donors (Lipinski definition) is 2. The Bertz CT molecular complexity index is 3350. The van der Waals surface area contributed by atoms with Gasteiger partial charge in [0, 0.05) is 49.9 Å². The molecule has 0 saturated heterocycles. The summed E-state index contributed by atoms with van der Waals surface area (Å²) in [6.07, 6.45) is 3.10. The van der Waals surface area contributed by atoms with E-state index in [0.29, 0.717) is 38.9 Å². The molecule has 2 atom stereocenters. The minimum absolute atomic E-state index is 0.0133. The fourth-order valence-corrected chi connectivity index (χ4v) is 8.78. The topological polar surface area (TPSA) is 107 Å². The molecule has 15 heteroatoms. The predicted molar refractivity (Wildman–Crippen MR) is 249 cm³/mol. The van der Waals surface area contributed by atoms with E-state index in [2.05, 4.69) is 21.6 Å². The van der Waals surface area contributed by atoms with Crippen molar-refractivity contribution in [3.8, 4) is 50.6 Å². The SMILES string of the molecule is CCOC(=O)C(C#N)C1/C(=C(\F)C(F)(F)C(F)(F)C(F)(F)Cl)c2nc1c(-c1ccccc1)c1ccc([nH]1)c(-c1ccccc1)c1ccc([nH]1)c(-c1ccccc1)c1nc(c2-c2ccccc2)C=C1. The Morgan fingerprint density at radius 1 is 0.647 bits per heavy atom. The van der Waals surface area contributed by atoms with Crippen LogP contribution in [0.2, 0.25) is 0 Å². The number of aromatic amines is 2. The van der Waals surface area contributed by atoms with Gasteiger partial charge in [0.25, 0.3) is 0 Å². The highest BCUT2D eigenvalue weighted by molar-refractivity contribution is 6.22. The van der Waals surface area contributed by atoms with E-state index in [-0.39, 0.29) is 40.1 Å². The van der Waals surface area contributed by atoms with Crippen LogP contribution in [0, 0.1) is 17.2 Å². The molecule has 0 fully saturated rings. The van der Waals surface area contributed by atoms with Crippen LogP contribution in [0.3, 0.4) is 0 Å². The molecule has 5 heterocycles. The Balaban J connectivity index is 1.59. The van der Waals surface area contributed by atoms with Crippen LogP contribution >= 0.6 is 11.6 Å². The van der Waals surface area contributed by atoms with Crippen LogP contribution in [0.1, 0.15) is 35.6 Å². The number of ether oxygens (including phenoxy) is 1. The number of nitriles is 1. The van der Waals surface area contributed by atoms with Crippen molar-refractivity contribution in [2.75, 3.05) is 6.61 Å². The van der Waals surface area contributed by atoms with Gasteiger partial charge in [-0.3, -0.25) is 9.78 Å². The lowest BCUT2D eigenvalue weighted by Crippen LogP contribution is -2.52. The van der Waals surface area contributed by atoms with Crippen LogP contribution in [-0.2, 0) is 9.53 Å². The lowest BCUT2D eigenvalue weighted by atomic mass is 9.79. The Morgan fingerprint density at radius 2 is 1.06 bits per heavy atom. The van der Waals surface area contributed by atoms with Gasteiger partial charge in [0.1, 0.15) is 0 Å². The van der Waals surface area contributed by atoms with Crippen LogP contribution in [0.4, 0.5) is 30.7 Å². The number of aromatic nitrogens is 4. The molecule has 0 radical (unpaired) electrons. The molecule has 9 rings (SSSR count). The zero-order chi connectivity index (χ0) is 48.0. The monoisotopic (exact) mass is 941 g/mol. The molecule has 2 N–H and O–H groups in total. The zero-order valence-corrected chi connectivity index (χ0v) is 36.3. The summed E-state index contributed by atoms with van der Waals surface area (Å²) >= 11 is 4.65. The summed E-state index contributed by atoms with van der Waals surface area (Å²) in [4.78, 5) is 30.8. The number of alkyl halides is 7. The van der Waals surface area contributed by atoms with E-state index in [1.807, 2.05) is 72.8 Å². The molecule has 0 amide bonds. The molecule has 7 aromatic rings. The van der Waals surface area contributed by atoms with Crippen LogP contribution < -0.4 is 0 Å². The van der Waals surface area contributed by atoms with Gasteiger partial charge in [-0.2, -0.15) is 31.6 Å². The Morgan fingerprint density at radius 3 is 1.51 bits per heavy atom. The van der Waals surface area contributed by atoms with Gasteiger partial charge in [0.15, 0.2) is 11.7 Å². The van der Waals surface area contributed by atoms with Crippen LogP contribution in [0.25, 0.3) is 84.3 Å². The molecule has 4 aromatic carbocycles. The van der Waals surface area contributed by atoms with E-state index >= 15 is 22.0 Å². The molecule has 7 nitrogen and oxygen atoms in total. The maximum atomic E-state index is 17.6. The lowest BCUT2D eigenvalue weighted by Gasteiger charge is -2.30. The van der Waals surface area contributed by atoms with Gasteiger partial charge in [0.2, 0.25) is 0 Å². The third kappa shape index (κ3) is 7.82. The highest BCUT2D eigenvalue weighted by atomic mass is 35.5. The Kier molecular flexibility index (Phi) is 11.9. The number of fused-ring (bicyclic) bond motifs is 8. The van der Waals surface area contributed by atoms with E-state index < -0.39 is 57.8 Å². The first kappa shape index (κ1) is 45.4. The molecule has 3 aromatic heterocycles. The molecule has 8 bridgehead atoms. The summed E-state index contributed by atoms with van der Waals surface area (Å²) in [6, 6.07) is 43.2. The Hall–Kier alpha value is -7.76. The number of carbonyl (C=O) groups excluding carboxylic acids is 1. The van der Waals surface area contributed by atoms with Crippen molar-refractivity contribution < 1.29 is 40.3 Å². The number of nitrogens with zero attached hydrogens (tertiary/aromatic N) is 3. The number of benzene rings is 4. The molecule has 68 heavy (non-hydrogen) atoms. The van der Waals surface area contributed by atoms with E-state index in [9.17, 15) is 18.8 Å². The molecule has 340 valence electrons. The molecule has 0 spiro atoms. The third-order valence-electron chi connectivity index (χ3n) is 11.7. The molecular weight excluding hydrogens is 907 g/mol. The minimum atomic E-state index is -6.57. The molecule has 2 aliphatic heterocycles. The number of nitrogens with one attached hydrogen (secondary N) is 2. The fraction of sp³-hybridized carbons (Fsp3) is 0.132. The number of allylic oxidation sites excluding steroid dienone is 2. The summed E-state index contributed by atoms with van der Waals surface area (Å²) in [5.41, 5.74) is 2.35.